The van der Waals surface area contributed by atoms with Gasteiger partial charge in [-0.3, -0.25) is 19.3 Å². The van der Waals surface area contributed by atoms with Crippen LogP contribution in [-0.4, -0.2) is 54.7 Å². The predicted octanol–water partition coefficient (Wildman–Crippen LogP) is 0.778. The smallest absolute Gasteiger partial charge is 0.325 e. The van der Waals surface area contributed by atoms with E-state index in [1.54, 1.807) is 11.1 Å². The molecule has 0 spiro atoms. The molecule has 1 fully saturated rings. The summed E-state index contributed by atoms with van der Waals surface area (Å²) in [7, 11) is 0. The number of likely N-dealkylation sites (tertiary alicyclic amines) is 1. The second-order valence-corrected chi connectivity index (χ2v) is 5.49. The van der Waals surface area contributed by atoms with Crippen LogP contribution in [0.1, 0.15) is 34.9 Å². The Bertz CT molecular complexity index is 700. The van der Waals surface area contributed by atoms with Crippen molar-refractivity contribution in [1.82, 2.24) is 24.6 Å². The van der Waals surface area contributed by atoms with Gasteiger partial charge in [0, 0.05) is 43.3 Å². The van der Waals surface area contributed by atoms with Crippen molar-refractivity contribution in [3.05, 3.63) is 42.2 Å². The van der Waals surface area contributed by atoms with Crippen LogP contribution in [-0.2, 0) is 11.3 Å². The third kappa shape index (κ3) is 3.36. The molecule has 0 radical (unpaired) electrons. The fourth-order valence-corrected chi connectivity index (χ4v) is 2.92. The average molecular weight is 315 g/mol. The molecule has 3 rings (SSSR count). The third-order valence-corrected chi connectivity index (χ3v) is 3.94. The van der Waals surface area contributed by atoms with Crippen LogP contribution in [0.2, 0.25) is 0 Å². The number of hydrogen-bond donors (Lipinski definition) is 1. The molecular weight excluding hydrogens is 298 g/mol. The summed E-state index contributed by atoms with van der Waals surface area (Å²) >= 11 is 0. The molecule has 0 saturated carbocycles. The van der Waals surface area contributed by atoms with Crippen molar-refractivity contribution in [3.63, 3.8) is 0 Å². The van der Waals surface area contributed by atoms with Gasteiger partial charge in [-0.1, -0.05) is 0 Å². The molecular formula is C15H17N5O3. The molecule has 1 atom stereocenters. The SMILES string of the molecule is O=C(O)Cn1nccc1[C@@H]1CCCN(C(=O)c2cnccn2)C1. The summed E-state index contributed by atoms with van der Waals surface area (Å²) in [5.41, 5.74) is 1.18. The van der Waals surface area contributed by atoms with E-state index in [1.165, 1.54) is 23.3 Å². The minimum Gasteiger partial charge on any atom is -0.480 e. The molecule has 0 aliphatic carbocycles. The van der Waals surface area contributed by atoms with Gasteiger partial charge in [0.2, 0.25) is 0 Å². The second kappa shape index (κ2) is 6.55. The number of piperidine rings is 1. The molecule has 1 saturated heterocycles. The van der Waals surface area contributed by atoms with Crippen LogP contribution in [0.3, 0.4) is 0 Å². The number of aromatic nitrogens is 4. The summed E-state index contributed by atoms with van der Waals surface area (Å²) in [4.78, 5) is 33.1. The fraction of sp³-hybridized carbons (Fsp3) is 0.400. The van der Waals surface area contributed by atoms with Crippen molar-refractivity contribution in [2.24, 2.45) is 0 Å². The van der Waals surface area contributed by atoms with Gasteiger partial charge >= 0.3 is 5.97 Å². The van der Waals surface area contributed by atoms with Gasteiger partial charge in [-0.15, -0.1) is 0 Å². The average Bonchev–Trinajstić information content (AvgIpc) is 3.02. The van der Waals surface area contributed by atoms with Crippen LogP contribution in [0, 0.1) is 0 Å². The molecule has 8 heteroatoms. The molecule has 0 unspecified atom stereocenters. The molecule has 120 valence electrons. The van der Waals surface area contributed by atoms with Crippen molar-refractivity contribution in [2.45, 2.75) is 25.3 Å². The number of aliphatic carboxylic acids is 1. The summed E-state index contributed by atoms with van der Waals surface area (Å²) in [6.07, 6.45) is 7.84. The van der Waals surface area contributed by atoms with E-state index in [4.69, 9.17) is 5.11 Å². The normalized spacial score (nSPS) is 17.9. The number of carboxylic acid groups (broad SMARTS) is 1. The van der Waals surface area contributed by atoms with E-state index in [9.17, 15) is 9.59 Å². The molecule has 1 aliphatic rings. The van der Waals surface area contributed by atoms with E-state index in [-0.39, 0.29) is 18.4 Å². The van der Waals surface area contributed by atoms with Crippen LogP contribution >= 0.6 is 0 Å². The largest absolute Gasteiger partial charge is 0.480 e. The van der Waals surface area contributed by atoms with Crippen LogP contribution in [0.25, 0.3) is 0 Å². The Kier molecular flexibility index (Phi) is 4.31. The number of amides is 1. The summed E-state index contributed by atoms with van der Waals surface area (Å²) in [5.74, 6) is -1.00. The first-order valence-corrected chi connectivity index (χ1v) is 7.44. The van der Waals surface area contributed by atoms with Gasteiger partial charge < -0.3 is 10.0 Å². The van der Waals surface area contributed by atoms with Crippen LogP contribution in [0.4, 0.5) is 0 Å². The van der Waals surface area contributed by atoms with E-state index >= 15 is 0 Å². The van der Waals surface area contributed by atoms with Crippen molar-refractivity contribution in [2.75, 3.05) is 13.1 Å². The zero-order valence-electron chi connectivity index (χ0n) is 12.5. The summed E-state index contributed by atoms with van der Waals surface area (Å²) < 4.78 is 1.49. The zero-order chi connectivity index (χ0) is 16.2. The van der Waals surface area contributed by atoms with Crippen LogP contribution < -0.4 is 0 Å². The lowest BCUT2D eigenvalue weighted by molar-refractivity contribution is -0.137. The van der Waals surface area contributed by atoms with Crippen molar-refractivity contribution in [3.8, 4) is 0 Å². The first-order chi connectivity index (χ1) is 11.1. The van der Waals surface area contributed by atoms with Gasteiger partial charge in [-0.2, -0.15) is 5.10 Å². The molecule has 2 aromatic rings. The maximum absolute atomic E-state index is 12.5. The lowest BCUT2D eigenvalue weighted by Gasteiger charge is -2.32. The molecule has 8 nitrogen and oxygen atoms in total. The van der Waals surface area contributed by atoms with Gasteiger partial charge in [-0.25, -0.2) is 4.98 Å². The third-order valence-electron chi connectivity index (χ3n) is 3.94. The number of nitrogens with zero attached hydrogens (tertiary/aromatic N) is 5. The minimum atomic E-state index is -0.932. The second-order valence-electron chi connectivity index (χ2n) is 5.49. The van der Waals surface area contributed by atoms with Crippen molar-refractivity contribution in [1.29, 1.82) is 0 Å². The standard InChI is InChI=1S/C15H17N5O3/c21-14(22)10-20-13(3-4-18-20)11-2-1-7-19(9-11)15(23)12-8-16-5-6-17-12/h3-6,8,11H,1-2,7,9-10H2,(H,21,22)/t11-/m1/s1. The lowest BCUT2D eigenvalue weighted by Crippen LogP contribution is -2.40. The van der Waals surface area contributed by atoms with Gasteiger partial charge in [0.05, 0.1) is 6.20 Å². The monoisotopic (exact) mass is 315 g/mol. The van der Waals surface area contributed by atoms with Crippen LogP contribution in [0.15, 0.2) is 30.9 Å². The summed E-state index contributed by atoms with van der Waals surface area (Å²) in [6.45, 7) is 1.02. The maximum Gasteiger partial charge on any atom is 0.325 e. The quantitative estimate of drug-likeness (QED) is 0.894. The minimum absolute atomic E-state index is 0.0752. The molecule has 1 amide bonds. The molecule has 0 aromatic carbocycles. The van der Waals surface area contributed by atoms with E-state index in [2.05, 4.69) is 15.1 Å². The Labute approximate surface area is 132 Å². The Hall–Kier alpha value is -2.77. The first-order valence-electron chi connectivity index (χ1n) is 7.44. The highest BCUT2D eigenvalue weighted by atomic mass is 16.4. The molecule has 1 N–H and O–H groups in total. The zero-order valence-corrected chi connectivity index (χ0v) is 12.5. The highest BCUT2D eigenvalue weighted by Gasteiger charge is 2.28. The Morgan fingerprint density at radius 1 is 1.30 bits per heavy atom. The van der Waals surface area contributed by atoms with Crippen molar-refractivity contribution >= 4 is 11.9 Å². The Morgan fingerprint density at radius 2 is 2.17 bits per heavy atom. The molecule has 0 bridgehead atoms. The van der Waals surface area contributed by atoms with Crippen LogP contribution in [0.5, 0.6) is 0 Å². The van der Waals surface area contributed by atoms with Gasteiger partial charge in [0.1, 0.15) is 12.2 Å². The van der Waals surface area contributed by atoms with E-state index in [0.29, 0.717) is 18.8 Å². The molecule has 23 heavy (non-hydrogen) atoms. The number of carboxylic acids is 1. The predicted molar refractivity (Wildman–Crippen MR) is 79.8 cm³/mol. The van der Waals surface area contributed by atoms with Gasteiger partial charge in [0.15, 0.2) is 0 Å². The summed E-state index contributed by atoms with van der Waals surface area (Å²) in [6, 6.07) is 1.82. The lowest BCUT2D eigenvalue weighted by atomic mass is 9.94. The Morgan fingerprint density at radius 3 is 2.91 bits per heavy atom. The van der Waals surface area contributed by atoms with Crippen molar-refractivity contribution < 1.29 is 14.7 Å². The van der Waals surface area contributed by atoms with E-state index < -0.39 is 5.97 Å². The molecule has 3 heterocycles. The fourth-order valence-electron chi connectivity index (χ4n) is 2.92. The number of carbonyl (C=O) groups excluding carboxylic acids is 1. The number of hydrogen-bond acceptors (Lipinski definition) is 5. The number of carbonyl (C=O) groups is 2. The van der Waals surface area contributed by atoms with Gasteiger partial charge in [0.25, 0.3) is 5.91 Å². The van der Waals surface area contributed by atoms with Gasteiger partial charge in [-0.05, 0) is 18.9 Å². The highest BCUT2D eigenvalue weighted by Crippen LogP contribution is 2.27. The maximum atomic E-state index is 12.5. The van der Waals surface area contributed by atoms with E-state index in [0.717, 1.165) is 18.5 Å². The number of rotatable bonds is 4. The summed E-state index contributed by atoms with van der Waals surface area (Å²) in [5, 5.41) is 13.0. The topological polar surface area (TPSA) is 101 Å². The first kappa shape index (κ1) is 15.1. The highest BCUT2D eigenvalue weighted by molar-refractivity contribution is 5.92. The molecule has 2 aromatic heterocycles. The molecule has 1 aliphatic heterocycles. The van der Waals surface area contributed by atoms with E-state index in [1.807, 2.05) is 6.07 Å². The Balaban J connectivity index is 1.75.